The SMILES string of the molecule is Cl.O=C(NCCC1CCNC1)C1CCCCN1Cc1ccc(F)cc1. The molecule has 2 unspecified atom stereocenters. The molecule has 2 fully saturated rings. The van der Waals surface area contributed by atoms with Gasteiger partial charge in [-0.25, -0.2) is 4.39 Å². The van der Waals surface area contributed by atoms with E-state index in [9.17, 15) is 9.18 Å². The highest BCUT2D eigenvalue weighted by Gasteiger charge is 2.28. The monoisotopic (exact) mass is 369 g/mol. The highest BCUT2D eigenvalue weighted by molar-refractivity contribution is 5.85. The molecule has 2 aliphatic heterocycles. The van der Waals surface area contributed by atoms with Crippen molar-refractivity contribution in [3.63, 3.8) is 0 Å². The van der Waals surface area contributed by atoms with Crippen molar-refractivity contribution < 1.29 is 9.18 Å². The minimum Gasteiger partial charge on any atom is -0.355 e. The van der Waals surface area contributed by atoms with E-state index < -0.39 is 0 Å². The highest BCUT2D eigenvalue weighted by atomic mass is 35.5. The molecule has 0 spiro atoms. The van der Waals surface area contributed by atoms with E-state index in [4.69, 9.17) is 0 Å². The van der Waals surface area contributed by atoms with Crippen LogP contribution in [-0.4, -0.2) is 43.0 Å². The van der Waals surface area contributed by atoms with Gasteiger partial charge >= 0.3 is 0 Å². The first-order valence-corrected chi connectivity index (χ1v) is 9.19. The Labute approximate surface area is 156 Å². The van der Waals surface area contributed by atoms with Crippen LogP contribution in [-0.2, 0) is 11.3 Å². The second kappa shape index (κ2) is 10.1. The maximum Gasteiger partial charge on any atom is 0.237 e. The minimum absolute atomic E-state index is 0. The number of hydrogen-bond acceptors (Lipinski definition) is 3. The molecule has 0 bridgehead atoms. The highest BCUT2D eigenvalue weighted by Crippen LogP contribution is 2.20. The predicted octanol–water partition coefficient (Wildman–Crippen LogP) is 2.72. The number of nitrogens with zero attached hydrogens (tertiary/aromatic N) is 1. The second-order valence-electron chi connectivity index (χ2n) is 7.05. The number of carbonyl (C=O) groups is 1. The van der Waals surface area contributed by atoms with Gasteiger partial charge < -0.3 is 10.6 Å². The fourth-order valence-corrected chi connectivity index (χ4v) is 3.78. The molecule has 2 heterocycles. The van der Waals surface area contributed by atoms with Gasteiger partial charge in [-0.05, 0) is 68.9 Å². The summed E-state index contributed by atoms with van der Waals surface area (Å²) >= 11 is 0. The third-order valence-corrected chi connectivity index (χ3v) is 5.23. The summed E-state index contributed by atoms with van der Waals surface area (Å²) in [5, 5.41) is 6.50. The van der Waals surface area contributed by atoms with Crippen LogP contribution in [0.4, 0.5) is 4.39 Å². The molecule has 6 heteroatoms. The summed E-state index contributed by atoms with van der Waals surface area (Å²) in [6, 6.07) is 6.55. The lowest BCUT2D eigenvalue weighted by molar-refractivity contribution is -0.127. The number of amides is 1. The van der Waals surface area contributed by atoms with E-state index in [0.29, 0.717) is 12.5 Å². The number of likely N-dealkylation sites (tertiary alicyclic amines) is 1. The molecule has 0 aliphatic carbocycles. The van der Waals surface area contributed by atoms with Crippen molar-refractivity contribution in [3.8, 4) is 0 Å². The quantitative estimate of drug-likeness (QED) is 0.810. The second-order valence-corrected chi connectivity index (χ2v) is 7.05. The van der Waals surface area contributed by atoms with E-state index >= 15 is 0 Å². The van der Waals surface area contributed by atoms with Crippen LogP contribution < -0.4 is 10.6 Å². The fourth-order valence-electron chi connectivity index (χ4n) is 3.78. The van der Waals surface area contributed by atoms with E-state index in [0.717, 1.165) is 57.4 Å². The van der Waals surface area contributed by atoms with Gasteiger partial charge in [0, 0.05) is 13.1 Å². The Morgan fingerprint density at radius 3 is 2.76 bits per heavy atom. The standard InChI is InChI=1S/C19H28FN3O.ClH/c20-17-6-4-16(5-7-17)14-23-12-2-1-3-18(23)19(24)22-11-9-15-8-10-21-13-15;/h4-7,15,18,21H,1-3,8-14H2,(H,22,24);1H. The van der Waals surface area contributed by atoms with Gasteiger partial charge in [-0.15, -0.1) is 12.4 Å². The first-order valence-electron chi connectivity index (χ1n) is 9.19. The van der Waals surface area contributed by atoms with Crippen LogP contribution in [0.25, 0.3) is 0 Å². The van der Waals surface area contributed by atoms with Crippen molar-refractivity contribution >= 4 is 18.3 Å². The van der Waals surface area contributed by atoms with Gasteiger partial charge in [0.25, 0.3) is 0 Å². The van der Waals surface area contributed by atoms with Gasteiger partial charge in [-0.3, -0.25) is 9.69 Å². The van der Waals surface area contributed by atoms with Crippen LogP contribution in [0, 0.1) is 11.7 Å². The molecule has 2 saturated heterocycles. The smallest absolute Gasteiger partial charge is 0.237 e. The molecule has 0 radical (unpaired) electrons. The van der Waals surface area contributed by atoms with Gasteiger partial charge in [0.1, 0.15) is 5.82 Å². The summed E-state index contributed by atoms with van der Waals surface area (Å²) in [4.78, 5) is 14.8. The first-order chi connectivity index (χ1) is 11.7. The lowest BCUT2D eigenvalue weighted by atomic mass is 10.00. The zero-order valence-corrected chi connectivity index (χ0v) is 15.5. The zero-order chi connectivity index (χ0) is 16.8. The Balaban J connectivity index is 0.00000225. The molecule has 2 aliphatic rings. The van der Waals surface area contributed by atoms with E-state index in [-0.39, 0.29) is 30.2 Å². The van der Waals surface area contributed by atoms with Crippen molar-refractivity contribution in [2.75, 3.05) is 26.2 Å². The van der Waals surface area contributed by atoms with Crippen molar-refractivity contribution in [2.45, 2.75) is 44.7 Å². The van der Waals surface area contributed by atoms with E-state index in [1.807, 2.05) is 12.1 Å². The number of rotatable bonds is 6. The van der Waals surface area contributed by atoms with Crippen LogP contribution in [0.2, 0.25) is 0 Å². The van der Waals surface area contributed by atoms with Gasteiger partial charge in [0.15, 0.2) is 0 Å². The maximum atomic E-state index is 13.1. The molecule has 25 heavy (non-hydrogen) atoms. The Bertz CT molecular complexity index is 534. The summed E-state index contributed by atoms with van der Waals surface area (Å²) < 4.78 is 13.1. The number of hydrogen-bond donors (Lipinski definition) is 2. The van der Waals surface area contributed by atoms with Crippen LogP contribution in [0.5, 0.6) is 0 Å². The number of halogens is 2. The number of benzene rings is 1. The average molecular weight is 370 g/mol. The van der Waals surface area contributed by atoms with Crippen molar-refractivity contribution in [1.82, 2.24) is 15.5 Å². The van der Waals surface area contributed by atoms with Crippen LogP contribution in [0.15, 0.2) is 24.3 Å². The van der Waals surface area contributed by atoms with E-state index in [1.54, 1.807) is 0 Å². The van der Waals surface area contributed by atoms with Gasteiger partial charge in [-0.2, -0.15) is 0 Å². The van der Waals surface area contributed by atoms with Gasteiger partial charge in [-0.1, -0.05) is 18.6 Å². The molecule has 4 nitrogen and oxygen atoms in total. The predicted molar refractivity (Wildman–Crippen MR) is 100 cm³/mol. The maximum absolute atomic E-state index is 13.1. The summed E-state index contributed by atoms with van der Waals surface area (Å²) in [5.41, 5.74) is 1.06. The molecule has 0 saturated carbocycles. The lowest BCUT2D eigenvalue weighted by Gasteiger charge is -2.34. The number of nitrogens with one attached hydrogen (secondary N) is 2. The molecular formula is C19H29ClFN3O. The van der Waals surface area contributed by atoms with Crippen molar-refractivity contribution in [3.05, 3.63) is 35.6 Å². The van der Waals surface area contributed by atoms with Crippen molar-refractivity contribution in [1.29, 1.82) is 0 Å². The molecule has 2 atom stereocenters. The van der Waals surface area contributed by atoms with Crippen LogP contribution in [0.3, 0.4) is 0 Å². The van der Waals surface area contributed by atoms with Gasteiger partial charge in [0.05, 0.1) is 6.04 Å². The summed E-state index contributed by atoms with van der Waals surface area (Å²) in [5.74, 6) is 0.642. The molecule has 140 valence electrons. The Morgan fingerprint density at radius 1 is 1.24 bits per heavy atom. The van der Waals surface area contributed by atoms with E-state index in [2.05, 4.69) is 15.5 Å². The normalized spacial score (nSPS) is 23.9. The summed E-state index contributed by atoms with van der Waals surface area (Å²) in [6.45, 7) is 4.60. The largest absolute Gasteiger partial charge is 0.355 e. The zero-order valence-electron chi connectivity index (χ0n) is 14.7. The first kappa shape index (κ1) is 20.1. The molecule has 0 aromatic heterocycles. The molecular weight excluding hydrogens is 341 g/mol. The average Bonchev–Trinajstić information content (AvgIpc) is 3.11. The van der Waals surface area contributed by atoms with Crippen LogP contribution in [0.1, 0.15) is 37.7 Å². The lowest BCUT2D eigenvalue weighted by Crippen LogP contribution is -2.49. The third-order valence-electron chi connectivity index (χ3n) is 5.23. The van der Waals surface area contributed by atoms with Crippen molar-refractivity contribution in [2.24, 2.45) is 5.92 Å². The number of piperidine rings is 1. The molecule has 1 aromatic carbocycles. The Kier molecular flexibility index (Phi) is 8.13. The minimum atomic E-state index is -0.215. The Morgan fingerprint density at radius 2 is 2.04 bits per heavy atom. The molecule has 1 aromatic rings. The van der Waals surface area contributed by atoms with Crippen LogP contribution >= 0.6 is 12.4 Å². The summed E-state index contributed by atoms with van der Waals surface area (Å²) in [6.07, 6.45) is 5.42. The molecule has 2 N–H and O–H groups in total. The van der Waals surface area contributed by atoms with Gasteiger partial charge in [0.2, 0.25) is 5.91 Å². The van der Waals surface area contributed by atoms with E-state index in [1.165, 1.54) is 18.6 Å². The topological polar surface area (TPSA) is 44.4 Å². The Hall–Kier alpha value is -1.17. The third kappa shape index (κ3) is 5.94. The number of carbonyl (C=O) groups excluding carboxylic acids is 1. The fraction of sp³-hybridized carbons (Fsp3) is 0.632. The summed E-state index contributed by atoms with van der Waals surface area (Å²) in [7, 11) is 0. The molecule has 3 rings (SSSR count). The molecule has 1 amide bonds.